The third kappa shape index (κ3) is 3.02. The third-order valence-corrected chi connectivity index (χ3v) is 4.45. The van der Waals surface area contributed by atoms with E-state index in [0.717, 1.165) is 41.3 Å². The van der Waals surface area contributed by atoms with E-state index in [-0.39, 0.29) is 13.4 Å². The van der Waals surface area contributed by atoms with Crippen LogP contribution in [0.3, 0.4) is 0 Å². The second-order valence-corrected chi connectivity index (χ2v) is 6.39. The third-order valence-electron chi connectivity index (χ3n) is 4.22. The Morgan fingerprint density at radius 3 is 2.50 bits per heavy atom. The zero-order valence-corrected chi connectivity index (χ0v) is 13.9. The number of ether oxygens (including phenoxy) is 3. The first-order valence-corrected chi connectivity index (χ1v) is 8.33. The molecule has 2 aliphatic rings. The van der Waals surface area contributed by atoms with Gasteiger partial charge in [-0.1, -0.05) is 11.6 Å². The normalized spacial score (nSPS) is 15.9. The quantitative estimate of drug-likeness (QED) is 0.920. The Balaban J connectivity index is 1.76. The molecular formula is C18H18ClNO4. The van der Waals surface area contributed by atoms with E-state index in [9.17, 15) is 5.11 Å². The minimum atomic E-state index is 0.170. The summed E-state index contributed by atoms with van der Waals surface area (Å²) >= 11 is 6.15. The van der Waals surface area contributed by atoms with Gasteiger partial charge in [0, 0.05) is 48.5 Å². The highest BCUT2D eigenvalue weighted by Gasteiger charge is 2.23. The molecule has 0 radical (unpaired) electrons. The van der Waals surface area contributed by atoms with Crippen LogP contribution in [0.5, 0.6) is 23.0 Å². The van der Waals surface area contributed by atoms with Crippen molar-refractivity contribution in [1.29, 1.82) is 0 Å². The lowest BCUT2D eigenvalue weighted by Gasteiger charge is -2.27. The lowest BCUT2D eigenvalue weighted by atomic mass is 10.1. The van der Waals surface area contributed by atoms with Crippen LogP contribution < -0.4 is 14.2 Å². The summed E-state index contributed by atoms with van der Waals surface area (Å²) in [6, 6.07) is 9.51. The molecule has 0 bridgehead atoms. The Morgan fingerprint density at radius 2 is 1.71 bits per heavy atom. The Hall–Kier alpha value is -1.95. The van der Waals surface area contributed by atoms with Crippen LogP contribution >= 0.6 is 11.6 Å². The van der Waals surface area contributed by atoms with Crippen molar-refractivity contribution in [2.24, 2.45) is 0 Å². The van der Waals surface area contributed by atoms with E-state index in [1.54, 1.807) is 0 Å². The molecule has 0 amide bonds. The molecule has 0 saturated heterocycles. The van der Waals surface area contributed by atoms with E-state index in [1.807, 2.05) is 30.3 Å². The van der Waals surface area contributed by atoms with E-state index in [2.05, 4.69) is 4.90 Å². The average molecular weight is 348 g/mol. The van der Waals surface area contributed by atoms with Gasteiger partial charge in [0.2, 0.25) is 6.79 Å². The van der Waals surface area contributed by atoms with Crippen molar-refractivity contribution in [1.82, 2.24) is 4.90 Å². The molecule has 5 nitrogen and oxygen atoms in total. The summed E-state index contributed by atoms with van der Waals surface area (Å²) in [5.74, 6) is 2.99. The molecule has 0 unspecified atom stereocenters. The monoisotopic (exact) mass is 347 g/mol. The summed E-state index contributed by atoms with van der Waals surface area (Å²) in [7, 11) is 0. The number of halogens is 1. The summed E-state index contributed by atoms with van der Waals surface area (Å²) in [6.45, 7) is 2.61. The van der Waals surface area contributed by atoms with E-state index in [1.165, 1.54) is 0 Å². The molecule has 0 atom stereocenters. The Morgan fingerprint density at radius 1 is 0.958 bits per heavy atom. The topological polar surface area (TPSA) is 51.2 Å². The van der Waals surface area contributed by atoms with Crippen LogP contribution in [0.2, 0.25) is 5.02 Å². The summed E-state index contributed by atoms with van der Waals surface area (Å²) in [5.41, 5.74) is 2.07. The Labute approximate surface area is 145 Å². The number of nitrogens with zero attached hydrogens (tertiary/aromatic N) is 1. The maximum atomic E-state index is 9.18. The second kappa shape index (κ2) is 6.51. The van der Waals surface area contributed by atoms with Crippen LogP contribution in [0.15, 0.2) is 30.3 Å². The fraction of sp³-hybridized carbons (Fsp3) is 0.333. The number of hydrogen-bond donors (Lipinski definition) is 1. The van der Waals surface area contributed by atoms with Gasteiger partial charge < -0.3 is 19.3 Å². The molecule has 126 valence electrons. The van der Waals surface area contributed by atoms with E-state index < -0.39 is 0 Å². The highest BCUT2D eigenvalue weighted by molar-refractivity contribution is 6.30. The summed E-state index contributed by atoms with van der Waals surface area (Å²) in [5, 5.41) is 9.86. The van der Waals surface area contributed by atoms with E-state index in [4.69, 9.17) is 25.8 Å². The number of fused-ring (bicyclic) bond motifs is 3. The smallest absolute Gasteiger partial charge is 0.231 e. The average Bonchev–Trinajstić information content (AvgIpc) is 3.00. The van der Waals surface area contributed by atoms with Gasteiger partial charge in [0.1, 0.15) is 11.5 Å². The van der Waals surface area contributed by atoms with Crippen LogP contribution in [0.1, 0.15) is 17.5 Å². The molecule has 0 spiro atoms. The van der Waals surface area contributed by atoms with E-state index >= 15 is 0 Å². The zero-order valence-electron chi connectivity index (χ0n) is 13.1. The predicted molar refractivity (Wildman–Crippen MR) is 89.9 cm³/mol. The highest BCUT2D eigenvalue weighted by Crippen LogP contribution is 2.42. The van der Waals surface area contributed by atoms with Crippen molar-refractivity contribution in [3.05, 3.63) is 46.5 Å². The van der Waals surface area contributed by atoms with Gasteiger partial charge in [-0.15, -0.1) is 0 Å². The fourth-order valence-corrected chi connectivity index (χ4v) is 3.26. The molecule has 0 aliphatic carbocycles. The molecule has 6 heteroatoms. The molecule has 0 fully saturated rings. The minimum absolute atomic E-state index is 0.170. The fourth-order valence-electron chi connectivity index (χ4n) is 3.06. The standard InChI is InChI=1S/C18H18ClNO4/c19-14-2-3-15-12(6-14)9-20(4-1-5-21)10-13-7-17-18(23-11-22-17)8-16(13)24-15/h2-3,6-8,21H,1,4-5,9-11H2. The lowest BCUT2D eigenvalue weighted by Crippen LogP contribution is -2.26. The molecule has 24 heavy (non-hydrogen) atoms. The first kappa shape index (κ1) is 15.6. The van der Waals surface area contributed by atoms with Crippen LogP contribution in [-0.4, -0.2) is 30.0 Å². The lowest BCUT2D eigenvalue weighted by molar-refractivity contribution is 0.173. The molecule has 0 aromatic heterocycles. The summed E-state index contributed by atoms with van der Waals surface area (Å²) in [6.07, 6.45) is 0.719. The number of aliphatic hydroxyl groups excluding tert-OH is 1. The highest BCUT2D eigenvalue weighted by atomic mass is 35.5. The molecule has 2 heterocycles. The van der Waals surface area contributed by atoms with Crippen molar-refractivity contribution in [3.63, 3.8) is 0 Å². The van der Waals surface area contributed by atoms with Crippen molar-refractivity contribution in [2.45, 2.75) is 19.5 Å². The molecule has 1 N–H and O–H groups in total. The minimum Gasteiger partial charge on any atom is -0.457 e. The van der Waals surface area contributed by atoms with Crippen LogP contribution in [0, 0.1) is 0 Å². The summed E-state index contributed by atoms with van der Waals surface area (Å²) < 4.78 is 17.1. The first-order chi connectivity index (χ1) is 11.7. The van der Waals surface area contributed by atoms with Crippen molar-refractivity contribution < 1.29 is 19.3 Å². The molecule has 2 aromatic rings. The molecular weight excluding hydrogens is 330 g/mol. The van der Waals surface area contributed by atoms with Gasteiger partial charge in [-0.2, -0.15) is 0 Å². The van der Waals surface area contributed by atoms with Gasteiger partial charge >= 0.3 is 0 Å². The largest absolute Gasteiger partial charge is 0.457 e. The SMILES string of the molecule is OCCCN1Cc2cc(Cl)ccc2Oc2cc3c(cc2C1)OCO3. The van der Waals surface area contributed by atoms with Gasteiger partial charge in [-0.25, -0.2) is 0 Å². The zero-order chi connectivity index (χ0) is 16.5. The van der Waals surface area contributed by atoms with Gasteiger partial charge in [-0.3, -0.25) is 4.90 Å². The van der Waals surface area contributed by atoms with Crippen LogP contribution in [0.25, 0.3) is 0 Å². The molecule has 0 saturated carbocycles. The Kier molecular flexibility index (Phi) is 4.22. The molecule has 4 rings (SSSR count). The van der Waals surface area contributed by atoms with Gasteiger partial charge in [-0.05, 0) is 30.7 Å². The molecule has 2 aliphatic heterocycles. The van der Waals surface area contributed by atoms with Crippen LogP contribution in [-0.2, 0) is 13.1 Å². The van der Waals surface area contributed by atoms with E-state index in [0.29, 0.717) is 23.9 Å². The number of aliphatic hydroxyl groups is 1. The first-order valence-electron chi connectivity index (χ1n) is 7.95. The van der Waals surface area contributed by atoms with Gasteiger partial charge in [0.25, 0.3) is 0 Å². The number of hydrogen-bond acceptors (Lipinski definition) is 5. The maximum Gasteiger partial charge on any atom is 0.231 e. The van der Waals surface area contributed by atoms with Gasteiger partial charge in [0.05, 0.1) is 0 Å². The van der Waals surface area contributed by atoms with Gasteiger partial charge in [0.15, 0.2) is 11.5 Å². The second-order valence-electron chi connectivity index (χ2n) is 5.96. The Bertz CT molecular complexity index is 765. The number of benzene rings is 2. The van der Waals surface area contributed by atoms with Crippen LogP contribution in [0.4, 0.5) is 0 Å². The van der Waals surface area contributed by atoms with Crippen molar-refractivity contribution >= 4 is 11.6 Å². The van der Waals surface area contributed by atoms with Crippen molar-refractivity contribution in [2.75, 3.05) is 19.9 Å². The predicted octanol–water partition coefficient (Wildman–Crippen LogP) is 3.56. The molecule has 2 aromatic carbocycles. The summed E-state index contributed by atoms with van der Waals surface area (Å²) in [4.78, 5) is 2.27. The number of rotatable bonds is 3. The van der Waals surface area contributed by atoms with Crippen molar-refractivity contribution in [3.8, 4) is 23.0 Å². The maximum absolute atomic E-state index is 9.18.